The van der Waals surface area contributed by atoms with Crippen molar-refractivity contribution in [1.82, 2.24) is 0 Å². The zero-order valence-corrected chi connectivity index (χ0v) is 38.8. The van der Waals surface area contributed by atoms with Gasteiger partial charge < -0.3 is 4.90 Å². The van der Waals surface area contributed by atoms with E-state index in [9.17, 15) is 0 Å². The van der Waals surface area contributed by atoms with E-state index in [0.717, 1.165) is 11.4 Å². The fraction of sp³-hybridized carbons (Fsp3) is 0.104. The largest absolute Gasteiger partial charge is 0.310 e. The normalized spacial score (nSPS) is 15.1. The van der Waals surface area contributed by atoms with E-state index < -0.39 is 5.41 Å². The van der Waals surface area contributed by atoms with Crippen LogP contribution in [0.1, 0.15) is 72.2 Å². The van der Waals surface area contributed by atoms with Crippen molar-refractivity contribution in [2.45, 2.75) is 43.9 Å². The van der Waals surface area contributed by atoms with E-state index in [1.807, 2.05) is 0 Å². The summed E-state index contributed by atoms with van der Waals surface area (Å²) in [5.41, 5.74) is 28.7. The Morgan fingerprint density at radius 1 is 0.279 bits per heavy atom. The zero-order chi connectivity index (χ0) is 45.5. The topological polar surface area (TPSA) is 3.24 Å². The van der Waals surface area contributed by atoms with Gasteiger partial charge in [-0.15, -0.1) is 0 Å². The third kappa shape index (κ3) is 5.11. The summed E-state index contributed by atoms with van der Waals surface area (Å²) in [4.78, 5) is 2.65. The predicted octanol–water partition coefficient (Wildman–Crippen LogP) is 17.4. The van der Waals surface area contributed by atoms with Gasteiger partial charge >= 0.3 is 0 Å². The number of nitrogens with zero attached hydrogens (tertiary/aromatic N) is 1. The van der Waals surface area contributed by atoms with E-state index >= 15 is 0 Å². The van der Waals surface area contributed by atoms with E-state index in [1.54, 1.807) is 0 Å². The standard InChI is InChI=1S/C67H49N/c1-65(2)54-30-16-11-25-48(54)51-36-35-46(40-59(51)65)68(47-38-44(42-21-7-5-8-22-42)37-45(39-47)43-23-9-6-10-24-43)61-41-60-62(63-52-28-14-17-31-55(52)66(3,4)64(61)63)53-29-15-20-34-58(53)67(60)56-32-18-12-26-49(56)50-27-13-19-33-57(50)67/h5-41H,1-4H3. The molecule has 0 atom stereocenters. The molecule has 322 valence electrons. The van der Waals surface area contributed by atoms with E-state index in [1.165, 1.54) is 117 Å². The van der Waals surface area contributed by atoms with Crippen molar-refractivity contribution in [1.29, 1.82) is 0 Å². The minimum absolute atomic E-state index is 0.187. The lowest BCUT2D eigenvalue weighted by atomic mass is 9.69. The highest BCUT2D eigenvalue weighted by atomic mass is 15.1. The molecule has 10 aromatic rings. The summed E-state index contributed by atoms with van der Waals surface area (Å²) in [5, 5.41) is 0. The van der Waals surface area contributed by atoms with Crippen LogP contribution < -0.4 is 4.90 Å². The second-order valence-corrected chi connectivity index (χ2v) is 20.4. The van der Waals surface area contributed by atoms with Crippen molar-refractivity contribution >= 4 is 17.1 Å². The molecule has 1 spiro atoms. The minimum Gasteiger partial charge on any atom is -0.310 e. The molecule has 0 unspecified atom stereocenters. The van der Waals surface area contributed by atoms with Crippen molar-refractivity contribution < 1.29 is 0 Å². The molecule has 0 saturated heterocycles. The number of hydrogen-bond acceptors (Lipinski definition) is 1. The first kappa shape index (κ1) is 39.2. The number of anilines is 3. The first-order valence-electron chi connectivity index (χ1n) is 24.2. The molecule has 4 aliphatic rings. The van der Waals surface area contributed by atoms with E-state index in [0.29, 0.717) is 0 Å². The van der Waals surface area contributed by atoms with Gasteiger partial charge in [0.1, 0.15) is 0 Å². The third-order valence-corrected chi connectivity index (χ3v) is 16.2. The van der Waals surface area contributed by atoms with Crippen molar-refractivity contribution in [3.63, 3.8) is 0 Å². The number of rotatable bonds is 5. The summed E-state index contributed by atoms with van der Waals surface area (Å²) in [6.07, 6.45) is 0. The van der Waals surface area contributed by atoms with Gasteiger partial charge in [-0.05, 0) is 148 Å². The van der Waals surface area contributed by atoms with Gasteiger partial charge in [0, 0.05) is 22.2 Å². The first-order chi connectivity index (χ1) is 33.3. The zero-order valence-electron chi connectivity index (χ0n) is 38.8. The molecule has 0 aliphatic heterocycles. The van der Waals surface area contributed by atoms with E-state index in [4.69, 9.17) is 0 Å². The highest BCUT2D eigenvalue weighted by Gasteiger charge is 2.55. The van der Waals surface area contributed by atoms with E-state index in [-0.39, 0.29) is 10.8 Å². The van der Waals surface area contributed by atoms with Crippen molar-refractivity contribution in [2.24, 2.45) is 0 Å². The molecular formula is C67H49N. The summed E-state index contributed by atoms with van der Waals surface area (Å²) in [5.74, 6) is 0. The molecule has 0 radical (unpaired) electrons. The molecular weight excluding hydrogens is 819 g/mol. The third-order valence-electron chi connectivity index (χ3n) is 16.2. The van der Waals surface area contributed by atoms with Gasteiger partial charge in [-0.1, -0.05) is 216 Å². The van der Waals surface area contributed by atoms with Crippen LogP contribution in [0.2, 0.25) is 0 Å². The molecule has 0 N–H and O–H groups in total. The smallest absolute Gasteiger partial charge is 0.0726 e. The molecule has 0 aromatic heterocycles. The van der Waals surface area contributed by atoms with Crippen LogP contribution in [0.4, 0.5) is 17.1 Å². The Morgan fingerprint density at radius 3 is 1.26 bits per heavy atom. The first-order valence-corrected chi connectivity index (χ1v) is 24.2. The van der Waals surface area contributed by atoms with Crippen molar-refractivity contribution in [3.05, 3.63) is 269 Å². The highest BCUT2D eigenvalue weighted by Crippen LogP contribution is 2.68. The monoisotopic (exact) mass is 867 g/mol. The Labute approximate surface area is 399 Å². The quantitative estimate of drug-likeness (QED) is 0.167. The summed E-state index contributed by atoms with van der Waals surface area (Å²) in [6, 6.07) is 85.0. The Bertz CT molecular complexity index is 3640. The molecule has 10 aromatic carbocycles. The van der Waals surface area contributed by atoms with Crippen LogP contribution in [0.25, 0.3) is 66.8 Å². The summed E-state index contributed by atoms with van der Waals surface area (Å²) >= 11 is 0. The number of fused-ring (bicyclic) bond motifs is 17. The second kappa shape index (κ2) is 14.0. The van der Waals surface area contributed by atoms with Gasteiger partial charge in [-0.3, -0.25) is 0 Å². The summed E-state index contributed by atoms with van der Waals surface area (Å²) in [7, 11) is 0. The molecule has 4 aliphatic carbocycles. The molecule has 0 fully saturated rings. The van der Waals surface area contributed by atoms with Crippen molar-refractivity contribution in [2.75, 3.05) is 4.90 Å². The second-order valence-electron chi connectivity index (χ2n) is 20.4. The average molecular weight is 868 g/mol. The predicted molar refractivity (Wildman–Crippen MR) is 283 cm³/mol. The fourth-order valence-electron chi connectivity index (χ4n) is 13.3. The van der Waals surface area contributed by atoms with Crippen LogP contribution in [0.15, 0.2) is 224 Å². The number of hydrogen-bond donors (Lipinski definition) is 0. The molecule has 1 heteroatoms. The molecule has 0 saturated carbocycles. The SMILES string of the molecule is CC1(C)c2ccccc2-c2ccc(N(c3cc(-c4ccccc4)cc(-c4ccccc4)c3)c3cc4c(c5c3C(C)(C)c3ccccc3-5)-c3ccccc3C43c4ccccc4-c4ccccc43)cc21. The van der Waals surface area contributed by atoms with Gasteiger partial charge in [0.2, 0.25) is 0 Å². The van der Waals surface area contributed by atoms with Crippen LogP contribution in [-0.4, -0.2) is 0 Å². The van der Waals surface area contributed by atoms with E-state index in [2.05, 4.69) is 257 Å². The maximum atomic E-state index is 2.65. The molecule has 0 bridgehead atoms. The maximum Gasteiger partial charge on any atom is 0.0726 e. The van der Waals surface area contributed by atoms with Gasteiger partial charge in [-0.25, -0.2) is 0 Å². The Morgan fingerprint density at radius 2 is 0.706 bits per heavy atom. The molecule has 14 rings (SSSR count). The van der Waals surface area contributed by atoms with Gasteiger partial charge in [0.05, 0.1) is 11.1 Å². The molecule has 0 amide bonds. The molecule has 1 nitrogen and oxygen atoms in total. The molecule has 0 heterocycles. The van der Waals surface area contributed by atoms with Crippen LogP contribution in [0.5, 0.6) is 0 Å². The fourth-order valence-corrected chi connectivity index (χ4v) is 13.3. The van der Waals surface area contributed by atoms with Crippen LogP contribution >= 0.6 is 0 Å². The lowest BCUT2D eigenvalue weighted by molar-refractivity contribution is 0.658. The lowest BCUT2D eigenvalue weighted by Gasteiger charge is -2.36. The van der Waals surface area contributed by atoms with Crippen LogP contribution in [-0.2, 0) is 16.2 Å². The Kier molecular flexibility index (Phi) is 8.08. The Hall–Kier alpha value is -8.00. The minimum atomic E-state index is -0.529. The van der Waals surface area contributed by atoms with Gasteiger partial charge in [0.15, 0.2) is 0 Å². The van der Waals surface area contributed by atoms with Crippen LogP contribution in [0, 0.1) is 0 Å². The maximum absolute atomic E-state index is 2.65. The Balaban J connectivity index is 1.15. The van der Waals surface area contributed by atoms with Crippen LogP contribution in [0.3, 0.4) is 0 Å². The summed E-state index contributed by atoms with van der Waals surface area (Å²) in [6.45, 7) is 9.72. The molecule has 68 heavy (non-hydrogen) atoms. The number of benzene rings is 10. The van der Waals surface area contributed by atoms with Crippen molar-refractivity contribution in [3.8, 4) is 66.8 Å². The van der Waals surface area contributed by atoms with Gasteiger partial charge in [-0.2, -0.15) is 0 Å². The lowest BCUT2D eigenvalue weighted by Crippen LogP contribution is -2.27. The average Bonchev–Trinajstić information content (AvgIpc) is 4.02. The highest BCUT2D eigenvalue weighted by molar-refractivity contribution is 6.06. The van der Waals surface area contributed by atoms with Gasteiger partial charge in [0.25, 0.3) is 0 Å². The summed E-state index contributed by atoms with van der Waals surface area (Å²) < 4.78 is 0.